The molecule has 1 amide bonds. The van der Waals surface area contributed by atoms with Crippen LogP contribution in [0.5, 0.6) is 5.75 Å². The minimum atomic E-state index is -0.576. The van der Waals surface area contributed by atoms with Crippen LogP contribution >= 0.6 is 0 Å². The predicted octanol–water partition coefficient (Wildman–Crippen LogP) is 3.54. The second kappa shape index (κ2) is 7.84. The summed E-state index contributed by atoms with van der Waals surface area (Å²) in [5.74, 6) is 2.03. The number of terminal acetylenes is 1. The SMILES string of the molecule is C#CCOc1ccc(C(=O)N[C@@H](C)C2CCCCC2)cc1F. The molecule has 1 fully saturated rings. The van der Waals surface area contributed by atoms with E-state index < -0.39 is 5.82 Å². The molecule has 118 valence electrons. The van der Waals surface area contributed by atoms with Crippen molar-refractivity contribution in [3.05, 3.63) is 29.6 Å². The Morgan fingerprint density at radius 2 is 2.18 bits per heavy atom. The third-order valence-electron chi connectivity index (χ3n) is 4.22. The van der Waals surface area contributed by atoms with Crippen LogP contribution in [-0.2, 0) is 0 Å². The molecule has 1 aliphatic rings. The van der Waals surface area contributed by atoms with Gasteiger partial charge >= 0.3 is 0 Å². The fourth-order valence-corrected chi connectivity index (χ4v) is 2.92. The summed E-state index contributed by atoms with van der Waals surface area (Å²) in [6.45, 7) is 2.02. The lowest BCUT2D eigenvalue weighted by Gasteiger charge is -2.28. The van der Waals surface area contributed by atoms with Crippen LogP contribution in [0.25, 0.3) is 0 Å². The summed E-state index contributed by atoms with van der Waals surface area (Å²) in [6.07, 6.45) is 11.1. The largest absolute Gasteiger partial charge is 0.478 e. The van der Waals surface area contributed by atoms with E-state index in [0.717, 1.165) is 12.8 Å². The molecule has 0 saturated heterocycles. The smallest absolute Gasteiger partial charge is 0.251 e. The third kappa shape index (κ3) is 4.24. The van der Waals surface area contributed by atoms with Gasteiger partial charge in [0.15, 0.2) is 11.6 Å². The van der Waals surface area contributed by atoms with Gasteiger partial charge in [-0.25, -0.2) is 4.39 Å². The van der Waals surface area contributed by atoms with Gasteiger partial charge in [0.2, 0.25) is 0 Å². The summed E-state index contributed by atoms with van der Waals surface area (Å²) in [7, 11) is 0. The van der Waals surface area contributed by atoms with Gasteiger partial charge in [-0.1, -0.05) is 25.2 Å². The molecule has 0 spiro atoms. The zero-order valence-electron chi connectivity index (χ0n) is 12.9. The van der Waals surface area contributed by atoms with Crippen LogP contribution in [0.3, 0.4) is 0 Å². The Labute approximate surface area is 131 Å². The van der Waals surface area contributed by atoms with E-state index in [-0.39, 0.29) is 24.3 Å². The summed E-state index contributed by atoms with van der Waals surface area (Å²) in [5, 5.41) is 2.98. The number of carbonyl (C=O) groups is 1. The van der Waals surface area contributed by atoms with Crippen molar-refractivity contribution in [1.29, 1.82) is 0 Å². The van der Waals surface area contributed by atoms with Crippen molar-refractivity contribution in [3.8, 4) is 18.1 Å². The maximum Gasteiger partial charge on any atom is 0.251 e. The molecule has 1 aliphatic carbocycles. The lowest BCUT2D eigenvalue weighted by atomic mass is 9.84. The zero-order valence-corrected chi connectivity index (χ0v) is 12.9. The van der Waals surface area contributed by atoms with Crippen LogP contribution < -0.4 is 10.1 Å². The molecular formula is C18H22FNO2. The van der Waals surface area contributed by atoms with Gasteiger partial charge in [0, 0.05) is 11.6 Å². The van der Waals surface area contributed by atoms with Crippen LogP contribution in [-0.4, -0.2) is 18.6 Å². The summed E-state index contributed by atoms with van der Waals surface area (Å²) >= 11 is 0. The number of ether oxygens (including phenoxy) is 1. The van der Waals surface area contributed by atoms with Crippen molar-refractivity contribution in [3.63, 3.8) is 0 Å². The van der Waals surface area contributed by atoms with Crippen molar-refractivity contribution in [2.24, 2.45) is 5.92 Å². The number of amides is 1. The zero-order chi connectivity index (χ0) is 15.9. The Hall–Kier alpha value is -2.02. The first-order valence-corrected chi connectivity index (χ1v) is 7.78. The van der Waals surface area contributed by atoms with Crippen molar-refractivity contribution in [1.82, 2.24) is 5.32 Å². The molecule has 0 heterocycles. The lowest BCUT2D eigenvalue weighted by molar-refractivity contribution is 0.0918. The highest BCUT2D eigenvalue weighted by atomic mass is 19.1. The summed E-state index contributed by atoms with van der Waals surface area (Å²) < 4.78 is 18.9. The first-order chi connectivity index (χ1) is 10.6. The third-order valence-corrected chi connectivity index (χ3v) is 4.22. The van der Waals surface area contributed by atoms with E-state index in [4.69, 9.17) is 11.2 Å². The maximum atomic E-state index is 13.9. The molecule has 1 atom stereocenters. The maximum absolute atomic E-state index is 13.9. The molecular weight excluding hydrogens is 281 g/mol. The first-order valence-electron chi connectivity index (χ1n) is 7.78. The summed E-state index contributed by atoms with van der Waals surface area (Å²) in [6, 6.07) is 4.28. The van der Waals surface area contributed by atoms with Gasteiger partial charge in [-0.2, -0.15) is 0 Å². The second-order valence-electron chi connectivity index (χ2n) is 5.80. The Kier molecular flexibility index (Phi) is 5.83. The Bertz CT molecular complexity index is 559. The van der Waals surface area contributed by atoms with Gasteiger partial charge in [0.25, 0.3) is 5.91 Å². The molecule has 0 unspecified atom stereocenters. The molecule has 0 aliphatic heterocycles. The minimum absolute atomic E-state index is 0.00117. The first kappa shape index (κ1) is 16.4. The predicted molar refractivity (Wildman–Crippen MR) is 84.2 cm³/mol. The molecule has 0 bridgehead atoms. The van der Waals surface area contributed by atoms with E-state index in [1.54, 1.807) is 6.07 Å². The average molecular weight is 303 g/mol. The highest BCUT2D eigenvalue weighted by molar-refractivity contribution is 5.94. The summed E-state index contributed by atoms with van der Waals surface area (Å²) in [5.41, 5.74) is 0.299. The lowest BCUT2D eigenvalue weighted by Crippen LogP contribution is -2.38. The number of hydrogen-bond acceptors (Lipinski definition) is 2. The number of rotatable bonds is 5. The van der Waals surface area contributed by atoms with E-state index in [1.807, 2.05) is 6.92 Å². The molecule has 22 heavy (non-hydrogen) atoms. The molecule has 1 N–H and O–H groups in total. The summed E-state index contributed by atoms with van der Waals surface area (Å²) in [4.78, 5) is 12.2. The van der Waals surface area contributed by atoms with E-state index in [1.165, 1.54) is 31.4 Å². The Morgan fingerprint density at radius 3 is 2.82 bits per heavy atom. The molecule has 0 radical (unpaired) electrons. The Balaban J connectivity index is 1.97. The van der Waals surface area contributed by atoms with Gasteiger partial charge in [-0.05, 0) is 43.9 Å². The quantitative estimate of drug-likeness (QED) is 0.845. The fraction of sp³-hybridized carbons (Fsp3) is 0.500. The van der Waals surface area contributed by atoms with E-state index in [0.29, 0.717) is 11.5 Å². The number of carbonyl (C=O) groups excluding carboxylic acids is 1. The van der Waals surface area contributed by atoms with Gasteiger partial charge < -0.3 is 10.1 Å². The number of benzene rings is 1. The van der Waals surface area contributed by atoms with Crippen LogP contribution in [0.15, 0.2) is 18.2 Å². The monoisotopic (exact) mass is 303 g/mol. The van der Waals surface area contributed by atoms with Crippen molar-refractivity contribution in [2.45, 2.75) is 45.1 Å². The molecule has 0 aromatic heterocycles. The van der Waals surface area contributed by atoms with Crippen LogP contribution in [0, 0.1) is 24.1 Å². The van der Waals surface area contributed by atoms with Crippen LogP contribution in [0.2, 0.25) is 0 Å². The second-order valence-corrected chi connectivity index (χ2v) is 5.80. The Morgan fingerprint density at radius 1 is 1.45 bits per heavy atom. The highest BCUT2D eigenvalue weighted by Crippen LogP contribution is 2.26. The van der Waals surface area contributed by atoms with Gasteiger partial charge in [-0.3, -0.25) is 4.79 Å². The topological polar surface area (TPSA) is 38.3 Å². The van der Waals surface area contributed by atoms with E-state index in [9.17, 15) is 9.18 Å². The number of halogens is 1. The highest BCUT2D eigenvalue weighted by Gasteiger charge is 2.22. The van der Waals surface area contributed by atoms with Crippen LogP contribution in [0.4, 0.5) is 4.39 Å². The molecule has 1 saturated carbocycles. The van der Waals surface area contributed by atoms with Crippen molar-refractivity contribution >= 4 is 5.91 Å². The van der Waals surface area contributed by atoms with Crippen molar-refractivity contribution in [2.75, 3.05) is 6.61 Å². The fourth-order valence-electron chi connectivity index (χ4n) is 2.92. The van der Waals surface area contributed by atoms with E-state index in [2.05, 4.69) is 11.2 Å². The number of nitrogens with one attached hydrogen (secondary N) is 1. The minimum Gasteiger partial charge on any atom is -0.478 e. The molecule has 3 nitrogen and oxygen atoms in total. The molecule has 1 aromatic carbocycles. The standard InChI is InChI=1S/C18H22FNO2/c1-3-11-22-17-10-9-15(12-16(17)19)18(21)20-13(2)14-7-5-4-6-8-14/h1,9-10,12-14H,4-8,11H2,2H3,(H,20,21)/t13-/m0/s1. The van der Waals surface area contributed by atoms with Gasteiger partial charge in [-0.15, -0.1) is 6.42 Å². The molecule has 1 aromatic rings. The number of hydrogen-bond donors (Lipinski definition) is 1. The van der Waals surface area contributed by atoms with Gasteiger partial charge in [0.05, 0.1) is 0 Å². The van der Waals surface area contributed by atoms with Crippen LogP contribution in [0.1, 0.15) is 49.4 Å². The van der Waals surface area contributed by atoms with Gasteiger partial charge in [0.1, 0.15) is 6.61 Å². The van der Waals surface area contributed by atoms with E-state index >= 15 is 0 Å². The molecule has 4 heteroatoms. The normalized spacial score (nSPS) is 16.6. The van der Waals surface area contributed by atoms with Crippen molar-refractivity contribution < 1.29 is 13.9 Å². The molecule has 2 rings (SSSR count). The average Bonchev–Trinajstić information content (AvgIpc) is 2.54.